The van der Waals surface area contributed by atoms with Gasteiger partial charge in [-0.1, -0.05) is 0 Å². The maximum Gasteiger partial charge on any atom is 0.409 e. The van der Waals surface area contributed by atoms with Gasteiger partial charge in [-0.3, -0.25) is 14.5 Å². The molecule has 1 heterocycles. The predicted octanol–water partition coefficient (Wildman–Crippen LogP) is 0.759. The Labute approximate surface area is 147 Å². The normalized spacial score (nSPS) is 14.7. The Bertz CT molecular complexity index is 610. The van der Waals surface area contributed by atoms with Crippen LogP contribution in [-0.2, 0) is 9.53 Å². The Hall–Kier alpha value is -2.61. The maximum atomic E-state index is 12.1. The average molecular weight is 348 g/mol. The molecule has 0 aliphatic carbocycles. The Morgan fingerprint density at radius 2 is 1.72 bits per heavy atom. The minimum absolute atomic E-state index is 0.149. The summed E-state index contributed by atoms with van der Waals surface area (Å²) in [5, 5.41) is 5.54. The van der Waals surface area contributed by atoms with Gasteiger partial charge in [-0.25, -0.2) is 4.79 Å². The first-order chi connectivity index (χ1) is 12.0. The number of carbonyl (C=O) groups is 3. The van der Waals surface area contributed by atoms with E-state index in [1.807, 2.05) is 0 Å². The molecule has 2 N–H and O–H groups in total. The summed E-state index contributed by atoms with van der Waals surface area (Å²) >= 11 is 0. The lowest BCUT2D eigenvalue weighted by atomic mass is 10.2. The molecule has 8 nitrogen and oxygen atoms in total. The van der Waals surface area contributed by atoms with E-state index in [1.54, 1.807) is 29.2 Å². The molecule has 0 saturated carbocycles. The largest absolute Gasteiger partial charge is 0.453 e. The number of carbonyl (C=O) groups excluding carboxylic acids is 3. The van der Waals surface area contributed by atoms with Crippen molar-refractivity contribution >= 4 is 23.6 Å². The third-order valence-corrected chi connectivity index (χ3v) is 3.99. The third kappa shape index (κ3) is 5.75. The van der Waals surface area contributed by atoms with Gasteiger partial charge < -0.3 is 20.3 Å². The number of nitrogens with one attached hydrogen (secondary N) is 2. The number of anilines is 1. The van der Waals surface area contributed by atoms with Crippen molar-refractivity contribution in [3.8, 4) is 0 Å². The van der Waals surface area contributed by atoms with Crippen LogP contribution in [0.2, 0.25) is 0 Å². The number of nitrogens with zero attached hydrogens (tertiary/aromatic N) is 2. The summed E-state index contributed by atoms with van der Waals surface area (Å²) in [4.78, 5) is 38.4. The molecular weight excluding hydrogens is 324 g/mol. The van der Waals surface area contributed by atoms with Crippen molar-refractivity contribution in [2.24, 2.45) is 0 Å². The topological polar surface area (TPSA) is 91.0 Å². The molecule has 1 fully saturated rings. The van der Waals surface area contributed by atoms with E-state index in [4.69, 9.17) is 4.74 Å². The minimum atomic E-state index is -0.296. The number of amides is 3. The first-order valence-corrected chi connectivity index (χ1v) is 8.20. The number of benzene rings is 1. The van der Waals surface area contributed by atoms with Crippen molar-refractivity contribution in [1.82, 2.24) is 15.1 Å². The van der Waals surface area contributed by atoms with Gasteiger partial charge >= 0.3 is 6.09 Å². The molecular formula is C17H24N4O4. The summed E-state index contributed by atoms with van der Waals surface area (Å²) in [7, 11) is 1.38. The Kier molecular flexibility index (Phi) is 6.76. The van der Waals surface area contributed by atoms with Gasteiger partial charge in [-0.15, -0.1) is 0 Å². The van der Waals surface area contributed by atoms with Crippen molar-refractivity contribution < 1.29 is 19.1 Å². The highest BCUT2D eigenvalue weighted by Gasteiger charge is 2.21. The lowest BCUT2D eigenvalue weighted by Gasteiger charge is -2.33. The van der Waals surface area contributed by atoms with Crippen molar-refractivity contribution in [3.63, 3.8) is 0 Å². The molecule has 1 aromatic carbocycles. The van der Waals surface area contributed by atoms with Gasteiger partial charge in [0, 0.05) is 57.4 Å². The summed E-state index contributed by atoms with van der Waals surface area (Å²) < 4.78 is 4.70. The molecule has 0 spiro atoms. The smallest absolute Gasteiger partial charge is 0.409 e. The molecule has 0 radical (unpaired) electrons. The van der Waals surface area contributed by atoms with Crippen molar-refractivity contribution in [1.29, 1.82) is 0 Å². The van der Waals surface area contributed by atoms with Crippen LogP contribution in [0.25, 0.3) is 0 Å². The molecule has 3 amide bonds. The van der Waals surface area contributed by atoms with E-state index < -0.39 is 0 Å². The van der Waals surface area contributed by atoms with Crippen LogP contribution in [-0.4, -0.2) is 74.1 Å². The standard InChI is InChI=1S/C17H24N4O4/c1-13(22)19-15-5-3-14(4-6-15)16(23)18-7-8-20-9-11-21(12-10-20)17(24)25-2/h3-6H,7-12H2,1-2H3,(H,18,23)(H,19,22). The van der Waals surface area contributed by atoms with E-state index in [9.17, 15) is 14.4 Å². The summed E-state index contributed by atoms with van der Waals surface area (Å²) in [6, 6.07) is 6.75. The number of hydrogen-bond acceptors (Lipinski definition) is 5. The fraction of sp³-hybridized carbons (Fsp3) is 0.471. The third-order valence-electron chi connectivity index (χ3n) is 3.99. The van der Waals surface area contributed by atoms with E-state index in [1.165, 1.54) is 14.0 Å². The maximum absolute atomic E-state index is 12.1. The predicted molar refractivity (Wildman–Crippen MR) is 93.5 cm³/mol. The summed E-state index contributed by atoms with van der Waals surface area (Å²) in [5.41, 5.74) is 1.21. The van der Waals surface area contributed by atoms with Crippen LogP contribution in [0.1, 0.15) is 17.3 Å². The first kappa shape index (κ1) is 18.7. The summed E-state index contributed by atoms with van der Waals surface area (Å²) in [5.74, 6) is -0.299. The van der Waals surface area contributed by atoms with E-state index >= 15 is 0 Å². The highest BCUT2D eigenvalue weighted by atomic mass is 16.5. The highest BCUT2D eigenvalue weighted by molar-refractivity contribution is 5.95. The van der Waals surface area contributed by atoms with E-state index in [0.29, 0.717) is 30.9 Å². The molecule has 25 heavy (non-hydrogen) atoms. The van der Waals surface area contributed by atoms with Crippen molar-refractivity contribution in [2.75, 3.05) is 51.7 Å². The van der Waals surface area contributed by atoms with Crippen molar-refractivity contribution in [2.45, 2.75) is 6.92 Å². The number of hydrogen-bond donors (Lipinski definition) is 2. The van der Waals surface area contributed by atoms with Crippen LogP contribution in [0, 0.1) is 0 Å². The SMILES string of the molecule is COC(=O)N1CCN(CCNC(=O)c2ccc(NC(C)=O)cc2)CC1. The van der Waals surface area contributed by atoms with Crippen LogP contribution < -0.4 is 10.6 Å². The van der Waals surface area contributed by atoms with Crippen LogP contribution in [0.4, 0.5) is 10.5 Å². The zero-order valence-electron chi connectivity index (χ0n) is 14.6. The molecule has 0 aromatic heterocycles. The number of piperazine rings is 1. The number of ether oxygens (including phenoxy) is 1. The molecule has 1 saturated heterocycles. The van der Waals surface area contributed by atoms with Crippen LogP contribution in [0.3, 0.4) is 0 Å². The van der Waals surface area contributed by atoms with Crippen LogP contribution >= 0.6 is 0 Å². The second kappa shape index (κ2) is 9.03. The average Bonchev–Trinajstić information content (AvgIpc) is 2.61. The van der Waals surface area contributed by atoms with Gasteiger partial charge in [0.25, 0.3) is 5.91 Å². The Morgan fingerprint density at radius 3 is 2.28 bits per heavy atom. The van der Waals surface area contributed by atoms with Gasteiger partial charge in [0.15, 0.2) is 0 Å². The molecule has 1 aromatic rings. The fourth-order valence-corrected chi connectivity index (χ4v) is 2.62. The molecule has 0 atom stereocenters. The van der Waals surface area contributed by atoms with Gasteiger partial charge in [0.1, 0.15) is 0 Å². The number of methoxy groups -OCH3 is 1. The fourth-order valence-electron chi connectivity index (χ4n) is 2.62. The quantitative estimate of drug-likeness (QED) is 0.820. The lowest BCUT2D eigenvalue weighted by Crippen LogP contribution is -2.50. The first-order valence-electron chi connectivity index (χ1n) is 8.20. The van der Waals surface area contributed by atoms with Gasteiger partial charge in [-0.05, 0) is 24.3 Å². The van der Waals surface area contributed by atoms with E-state index in [-0.39, 0.29) is 17.9 Å². The Balaban J connectivity index is 1.70. The summed E-state index contributed by atoms with van der Waals surface area (Å²) in [6.07, 6.45) is -0.296. The molecule has 136 valence electrons. The molecule has 8 heteroatoms. The Morgan fingerprint density at radius 1 is 1.08 bits per heavy atom. The second-order valence-corrected chi connectivity index (χ2v) is 5.81. The molecule has 1 aliphatic rings. The molecule has 2 rings (SSSR count). The molecule has 1 aliphatic heterocycles. The van der Waals surface area contributed by atoms with E-state index in [2.05, 4.69) is 15.5 Å². The highest BCUT2D eigenvalue weighted by Crippen LogP contribution is 2.09. The van der Waals surface area contributed by atoms with Crippen LogP contribution in [0.5, 0.6) is 0 Å². The van der Waals surface area contributed by atoms with Gasteiger partial charge in [-0.2, -0.15) is 0 Å². The van der Waals surface area contributed by atoms with Gasteiger partial charge in [0.2, 0.25) is 5.91 Å². The lowest BCUT2D eigenvalue weighted by molar-refractivity contribution is -0.114. The zero-order valence-corrected chi connectivity index (χ0v) is 14.6. The van der Waals surface area contributed by atoms with Crippen molar-refractivity contribution in [3.05, 3.63) is 29.8 Å². The summed E-state index contributed by atoms with van der Waals surface area (Å²) in [6.45, 7) is 5.48. The second-order valence-electron chi connectivity index (χ2n) is 5.81. The van der Waals surface area contributed by atoms with E-state index in [0.717, 1.165) is 19.6 Å². The monoisotopic (exact) mass is 348 g/mol. The zero-order chi connectivity index (χ0) is 18.2. The van der Waals surface area contributed by atoms with Gasteiger partial charge in [0.05, 0.1) is 7.11 Å². The van der Waals surface area contributed by atoms with Crippen LogP contribution in [0.15, 0.2) is 24.3 Å². The molecule has 0 unspecified atom stereocenters. The molecule has 0 bridgehead atoms. The minimum Gasteiger partial charge on any atom is -0.453 e. The number of rotatable bonds is 5.